The molecule has 12 heteroatoms. The van der Waals surface area contributed by atoms with Gasteiger partial charge in [-0.15, -0.1) is 0 Å². The summed E-state index contributed by atoms with van der Waals surface area (Å²) >= 11 is 19.0. The topological polar surface area (TPSA) is 116 Å². The Kier molecular flexibility index (Phi) is 9.05. The Bertz CT molecular complexity index is 1590. The molecule has 1 fully saturated rings. The van der Waals surface area contributed by atoms with Gasteiger partial charge in [0.05, 0.1) is 23.3 Å². The molecule has 0 aliphatic carbocycles. The number of methoxy groups -OCH3 is 1. The summed E-state index contributed by atoms with van der Waals surface area (Å²) in [7, 11) is 1.36. The molecule has 4 rings (SSSR count). The largest absolute Gasteiger partial charge is 0.507 e. The third-order valence-electron chi connectivity index (χ3n) is 5.95. The van der Waals surface area contributed by atoms with E-state index in [1.54, 1.807) is 36.4 Å². The summed E-state index contributed by atoms with van der Waals surface area (Å²) in [5, 5.41) is 23.7. The van der Waals surface area contributed by atoms with Gasteiger partial charge in [-0.2, -0.15) is 0 Å². The van der Waals surface area contributed by atoms with Crippen LogP contribution in [0.5, 0.6) is 11.5 Å². The number of carboxylic acids is 1. The van der Waals surface area contributed by atoms with Gasteiger partial charge in [0.1, 0.15) is 15.8 Å². The lowest BCUT2D eigenvalue weighted by Crippen LogP contribution is -2.31. The van der Waals surface area contributed by atoms with E-state index in [9.17, 15) is 19.5 Å². The second-order valence-corrected chi connectivity index (χ2v) is 11.2. The van der Waals surface area contributed by atoms with Crippen LogP contribution >= 0.6 is 47.2 Å². The monoisotopic (exact) mass is 616 g/mol. The maximum atomic E-state index is 13.2. The van der Waals surface area contributed by atoms with Crippen LogP contribution in [0, 0.1) is 6.92 Å². The average Bonchev–Trinajstić information content (AvgIpc) is 3.17. The lowest BCUT2D eigenvalue weighted by Gasteiger charge is -2.15. The van der Waals surface area contributed by atoms with Gasteiger partial charge in [0.25, 0.3) is 5.91 Å². The minimum absolute atomic E-state index is 0.0154. The zero-order valence-corrected chi connectivity index (χ0v) is 24.3. The molecule has 1 saturated heterocycles. The van der Waals surface area contributed by atoms with Gasteiger partial charge in [0.2, 0.25) is 5.91 Å². The predicted octanol–water partition coefficient (Wildman–Crippen LogP) is 6.61. The van der Waals surface area contributed by atoms with Crippen molar-refractivity contribution < 1.29 is 29.3 Å². The maximum absolute atomic E-state index is 13.2. The van der Waals surface area contributed by atoms with Gasteiger partial charge < -0.3 is 20.3 Å². The molecule has 1 aliphatic heterocycles. The molecule has 8 nitrogen and oxygen atoms in total. The first kappa shape index (κ1) is 29.4. The van der Waals surface area contributed by atoms with Crippen molar-refractivity contribution in [3.05, 3.63) is 80.2 Å². The smallest absolute Gasteiger partial charge is 0.335 e. The zero-order chi connectivity index (χ0) is 29.1. The zero-order valence-electron chi connectivity index (χ0n) is 21.2. The highest BCUT2D eigenvalue weighted by Gasteiger charge is 2.32. The van der Waals surface area contributed by atoms with Crippen LogP contribution in [-0.2, 0) is 9.59 Å². The first-order valence-corrected chi connectivity index (χ1v) is 13.7. The quantitative estimate of drug-likeness (QED) is 0.191. The van der Waals surface area contributed by atoms with Crippen LogP contribution in [0.15, 0.2) is 53.4 Å². The van der Waals surface area contributed by atoms with Crippen LogP contribution in [0.25, 0.3) is 17.2 Å². The van der Waals surface area contributed by atoms with Crippen molar-refractivity contribution in [3.8, 4) is 22.6 Å². The minimum atomic E-state index is -1.12. The van der Waals surface area contributed by atoms with Gasteiger partial charge >= 0.3 is 5.97 Å². The number of benzene rings is 3. The number of amides is 2. The highest BCUT2D eigenvalue weighted by atomic mass is 35.5. The van der Waals surface area contributed by atoms with Crippen LogP contribution in [0.2, 0.25) is 10.0 Å². The van der Waals surface area contributed by atoms with E-state index in [-0.39, 0.29) is 34.3 Å². The van der Waals surface area contributed by atoms with Crippen molar-refractivity contribution in [3.63, 3.8) is 0 Å². The second kappa shape index (κ2) is 12.3. The number of rotatable bonds is 8. The number of carbonyl (C=O) groups is 3. The van der Waals surface area contributed by atoms with Crippen molar-refractivity contribution >= 4 is 81.0 Å². The maximum Gasteiger partial charge on any atom is 0.335 e. The number of thiocarbonyl (C=S) groups is 1. The lowest BCUT2D eigenvalue weighted by atomic mass is 9.98. The summed E-state index contributed by atoms with van der Waals surface area (Å²) in [6.45, 7) is 1.87. The molecule has 2 amide bonds. The van der Waals surface area contributed by atoms with Crippen LogP contribution in [0.1, 0.15) is 27.9 Å². The van der Waals surface area contributed by atoms with Gasteiger partial charge in [0, 0.05) is 39.7 Å². The summed E-state index contributed by atoms with van der Waals surface area (Å²) in [6, 6.07) is 12.5. The number of hydrogen-bond donors (Lipinski definition) is 3. The Balaban J connectivity index is 1.50. The Labute approximate surface area is 249 Å². The summed E-state index contributed by atoms with van der Waals surface area (Å²) in [5.41, 5.74) is 2.57. The van der Waals surface area contributed by atoms with Gasteiger partial charge in [-0.25, -0.2) is 4.79 Å². The van der Waals surface area contributed by atoms with Gasteiger partial charge in [-0.3, -0.25) is 14.5 Å². The van der Waals surface area contributed by atoms with E-state index in [2.05, 4.69) is 5.32 Å². The number of carbonyl (C=O) groups excluding carboxylic acids is 2. The molecule has 0 atom stereocenters. The van der Waals surface area contributed by atoms with E-state index in [1.165, 1.54) is 30.2 Å². The molecule has 3 N–H and O–H groups in total. The SMILES string of the molecule is COc1cc(C(=O)O)ccc1NC(=O)CCN1C(=O)C(=Cc2cc(C)cc(-c3cc(Cl)ccc3Cl)c2O)SC1=S. The lowest BCUT2D eigenvalue weighted by molar-refractivity contribution is -0.122. The molecule has 0 saturated carbocycles. The van der Waals surface area contributed by atoms with Gasteiger partial charge in [-0.1, -0.05) is 47.2 Å². The fourth-order valence-corrected chi connectivity index (χ4v) is 5.70. The normalized spacial score (nSPS) is 14.1. The molecule has 0 aromatic heterocycles. The molecular formula is C28H22Cl2N2O6S2. The van der Waals surface area contributed by atoms with E-state index < -0.39 is 17.8 Å². The summed E-state index contributed by atoms with van der Waals surface area (Å²) < 4.78 is 5.45. The van der Waals surface area contributed by atoms with Crippen molar-refractivity contribution in [1.82, 2.24) is 4.90 Å². The molecule has 206 valence electrons. The third-order valence-corrected chi connectivity index (χ3v) is 7.89. The van der Waals surface area contributed by atoms with Crippen LogP contribution in [0.3, 0.4) is 0 Å². The van der Waals surface area contributed by atoms with Gasteiger partial charge in [-0.05, 0) is 67.1 Å². The number of aromatic hydroxyl groups is 1. The Morgan fingerprint density at radius 1 is 1.12 bits per heavy atom. The Morgan fingerprint density at radius 3 is 2.58 bits per heavy atom. The molecule has 0 radical (unpaired) electrons. The van der Waals surface area contributed by atoms with Gasteiger partial charge in [0.15, 0.2) is 0 Å². The highest BCUT2D eigenvalue weighted by molar-refractivity contribution is 8.26. The number of aromatic carboxylic acids is 1. The standard InChI is InChI=1S/C28H22Cl2N2O6S2/c1-14-9-16(25(34)19(10-14)18-13-17(29)4-5-20(18)30)12-23-26(35)32(28(39)40-23)8-7-24(33)31-21-6-3-15(27(36)37)11-22(21)38-2/h3-6,9-13,34H,7-8H2,1-2H3,(H,31,33)(H,36,37). The third kappa shape index (κ3) is 6.42. The van der Waals surface area contributed by atoms with Crippen LogP contribution < -0.4 is 10.1 Å². The summed E-state index contributed by atoms with van der Waals surface area (Å²) in [6.07, 6.45) is 1.48. The number of phenolic OH excluding ortho intramolecular Hbond substituents is 1. The molecule has 40 heavy (non-hydrogen) atoms. The van der Waals surface area contributed by atoms with Crippen molar-refractivity contribution in [2.24, 2.45) is 0 Å². The minimum Gasteiger partial charge on any atom is -0.507 e. The van der Waals surface area contributed by atoms with Crippen molar-refractivity contribution in [2.75, 3.05) is 19.0 Å². The van der Waals surface area contributed by atoms with E-state index in [1.807, 2.05) is 6.92 Å². The summed E-state index contributed by atoms with van der Waals surface area (Å²) in [4.78, 5) is 38.6. The number of thioether (sulfide) groups is 1. The van der Waals surface area contributed by atoms with Crippen molar-refractivity contribution in [1.29, 1.82) is 0 Å². The number of halogens is 2. The summed E-state index contributed by atoms with van der Waals surface area (Å²) in [5.74, 6) is -1.81. The number of phenols is 1. The fourth-order valence-electron chi connectivity index (χ4n) is 4.01. The highest BCUT2D eigenvalue weighted by Crippen LogP contribution is 2.41. The molecule has 1 heterocycles. The van der Waals surface area contributed by atoms with Crippen LogP contribution in [0.4, 0.5) is 5.69 Å². The molecule has 0 bridgehead atoms. The number of nitrogens with zero attached hydrogens (tertiary/aromatic N) is 1. The first-order valence-electron chi connectivity index (χ1n) is 11.7. The number of ether oxygens (including phenoxy) is 1. The first-order chi connectivity index (χ1) is 19.0. The molecule has 0 spiro atoms. The Morgan fingerprint density at radius 2 is 1.88 bits per heavy atom. The average molecular weight is 618 g/mol. The Hall–Kier alpha value is -3.57. The van der Waals surface area contributed by atoms with Crippen LogP contribution in [-0.4, -0.2) is 50.9 Å². The van der Waals surface area contributed by atoms with Crippen molar-refractivity contribution in [2.45, 2.75) is 13.3 Å². The molecule has 1 aliphatic rings. The number of anilines is 1. The fraction of sp³-hybridized carbons (Fsp3) is 0.143. The molecule has 3 aromatic rings. The number of aryl methyl sites for hydroxylation is 1. The number of hydrogen-bond acceptors (Lipinski definition) is 7. The second-order valence-electron chi connectivity index (χ2n) is 8.73. The number of nitrogens with one attached hydrogen (secondary N) is 1. The predicted molar refractivity (Wildman–Crippen MR) is 161 cm³/mol. The van der Waals surface area contributed by atoms with E-state index in [4.69, 9.17) is 45.3 Å². The van der Waals surface area contributed by atoms with E-state index in [0.29, 0.717) is 37.3 Å². The number of carboxylic acid groups (broad SMARTS) is 1. The van der Waals surface area contributed by atoms with E-state index in [0.717, 1.165) is 17.3 Å². The molecular weight excluding hydrogens is 595 g/mol. The molecule has 3 aromatic carbocycles. The molecule has 0 unspecified atom stereocenters. The van der Waals surface area contributed by atoms with E-state index >= 15 is 0 Å².